The molecule has 1 rings (SSSR count). The second-order valence-electron chi connectivity index (χ2n) is 3.43. The van der Waals surface area contributed by atoms with E-state index in [-0.39, 0.29) is 11.7 Å². The first-order chi connectivity index (χ1) is 8.63. The van der Waals surface area contributed by atoms with Crippen LogP contribution in [0.4, 0.5) is 0 Å². The van der Waals surface area contributed by atoms with Gasteiger partial charge in [-0.3, -0.25) is 10.8 Å². The quantitative estimate of drug-likeness (QED) is 0.365. The van der Waals surface area contributed by atoms with E-state index in [2.05, 4.69) is 4.99 Å². The maximum absolute atomic E-state index is 7.27. The Morgan fingerprint density at radius 3 is 2.39 bits per heavy atom. The van der Waals surface area contributed by atoms with Crippen molar-refractivity contribution in [1.29, 1.82) is 10.8 Å². The fourth-order valence-electron chi connectivity index (χ4n) is 1.11. The average molecular weight is 241 g/mol. The van der Waals surface area contributed by atoms with Crippen LogP contribution in [0.25, 0.3) is 6.08 Å². The topological polar surface area (TPSA) is 112 Å². The molecule has 0 saturated heterocycles. The van der Waals surface area contributed by atoms with E-state index in [0.717, 1.165) is 5.56 Å². The Bertz CT molecular complexity index is 511. The maximum Gasteiger partial charge on any atom is 0.187 e. The van der Waals surface area contributed by atoms with Crippen molar-refractivity contribution in [3.05, 3.63) is 53.7 Å². The van der Waals surface area contributed by atoms with Crippen LogP contribution in [-0.4, -0.2) is 17.9 Å². The number of benzene rings is 1. The molecule has 92 valence electrons. The van der Waals surface area contributed by atoms with Crippen LogP contribution in [0.1, 0.15) is 5.56 Å². The van der Waals surface area contributed by atoms with E-state index in [0.29, 0.717) is 5.57 Å². The summed E-state index contributed by atoms with van der Waals surface area (Å²) in [4.78, 5) is 3.72. The summed E-state index contributed by atoms with van der Waals surface area (Å²) in [7, 11) is 0. The molecule has 1 aromatic carbocycles. The number of aliphatic imine (C=N–C) groups is 1. The zero-order valence-corrected chi connectivity index (χ0v) is 9.80. The van der Waals surface area contributed by atoms with Gasteiger partial charge in [0.2, 0.25) is 0 Å². The van der Waals surface area contributed by atoms with E-state index in [9.17, 15) is 0 Å². The number of nitrogens with one attached hydrogen (secondary N) is 2. The number of hydrogen-bond acceptors (Lipinski definition) is 3. The lowest BCUT2D eigenvalue weighted by atomic mass is 10.2. The van der Waals surface area contributed by atoms with Gasteiger partial charge in [0, 0.05) is 18.0 Å². The highest BCUT2D eigenvalue weighted by Gasteiger charge is 1.95. The number of allylic oxidation sites excluding steroid dienone is 2. The van der Waals surface area contributed by atoms with Crippen molar-refractivity contribution in [2.75, 3.05) is 0 Å². The van der Waals surface area contributed by atoms with Gasteiger partial charge in [-0.1, -0.05) is 42.5 Å². The van der Waals surface area contributed by atoms with Gasteiger partial charge in [0.1, 0.15) is 0 Å². The molecule has 0 saturated carbocycles. The molecule has 18 heavy (non-hydrogen) atoms. The molecule has 1 aromatic rings. The van der Waals surface area contributed by atoms with E-state index in [1.807, 2.05) is 36.4 Å². The minimum Gasteiger partial charge on any atom is -0.404 e. The molecule has 5 heteroatoms. The Morgan fingerprint density at radius 1 is 1.17 bits per heavy atom. The molecule has 6 N–H and O–H groups in total. The van der Waals surface area contributed by atoms with Crippen LogP contribution in [0.3, 0.4) is 0 Å². The Labute approximate surface area is 106 Å². The summed E-state index contributed by atoms with van der Waals surface area (Å²) in [6, 6.07) is 9.72. The third-order valence-corrected chi connectivity index (χ3v) is 2.06. The van der Waals surface area contributed by atoms with Gasteiger partial charge in [-0.15, -0.1) is 0 Å². The molecule has 0 aliphatic heterocycles. The Kier molecular flexibility index (Phi) is 5.05. The molecule has 0 spiro atoms. The predicted octanol–water partition coefficient (Wildman–Crippen LogP) is 1.53. The summed E-state index contributed by atoms with van der Waals surface area (Å²) in [5, 5.41) is 14.3. The van der Waals surface area contributed by atoms with Crippen molar-refractivity contribution in [2.24, 2.45) is 16.5 Å². The van der Waals surface area contributed by atoms with Crippen molar-refractivity contribution >= 4 is 24.0 Å². The molecule has 0 unspecified atom stereocenters. The number of hydrogen-bond donors (Lipinski definition) is 4. The molecule has 0 aliphatic rings. The number of rotatable bonds is 3. The van der Waals surface area contributed by atoms with Crippen molar-refractivity contribution in [3.63, 3.8) is 0 Å². The number of nitrogens with zero attached hydrogens (tertiary/aromatic N) is 1. The first-order valence-electron chi connectivity index (χ1n) is 5.25. The third kappa shape index (κ3) is 4.44. The molecule has 0 fully saturated rings. The molecule has 5 nitrogen and oxygen atoms in total. The van der Waals surface area contributed by atoms with Crippen LogP contribution in [0.2, 0.25) is 0 Å². The van der Waals surface area contributed by atoms with Gasteiger partial charge < -0.3 is 11.5 Å². The summed E-state index contributed by atoms with van der Waals surface area (Å²) in [6.07, 6.45) is 6.41. The standard InChI is InChI=1S/C13H15N5/c14-8-11(9-18-13(17)12(15)16)7-6-10-4-2-1-3-5-10/h1-9,17H,14H2,(H3,15,16)/b7-6+,11-8?,17-13?,18-9?. The van der Waals surface area contributed by atoms with Crippen molar-refractivity contribution in [1.82, 2.24) is 0 Å². The SMILES string of the molecule is N=C(N)C(=N)N=CC(=CN)/C=C/c1ccccc1. The van der Waals surface area contributed by atoms with Crippen LogP contribution in [0.5, 0.6) is 0 Å². The summed E-state index contributed by atoms with van der Waals surface area (Å²) < 4.78 is 0. The molecule has 0 bridgehead atoms. The van der Waals surface area contributed by atoms with E-state index in [1.165, 1.54) is 12.4 Å². The van der Waals surface area contributed by atoms with Crippen LogP contribution >= 0.6 is 0 Å². The maximum atomic E-state index is 7.27. The zero-order chi connectivity index (χ0) is 13.4. The molecule has 0 aromatic heterocycles. The molecule has 0 amide bonds. The van der Waals surface area contributed by atoms with Gasteiger partial charge >= 0.3 is 0 Å². The van der Waals surface area contributed by atoms with Crippen molar-refractivity contribution in [3.8, 4) is 0 Å². The second-order valence-corrected chi connectivity index (χ2v) is 3.43. The van der Waals surface area contributed by atoms with Gasteiger partial charge in [-0.05, 0) is 5.56 Å². The summed E-state index contributed by atoms with van der Waals surface area (Å²) >= 11 is 0. The van der Waals surface area contributed by atoms with Gasteiger partial charge in [-0.25, -0.2) is 4.99 Å². The largest absolute Gasteiger partial charge is 0.404 e. The summed E-state index contributed by atoms with van der Waals surface area (Å²) in [5.74, 6) is -0.669. The third-order valence-electron chi connectivity index (χ3n) is 2.06. The van der Waals surface area contributed by atoms with Crippen molar-refractivity contribution in [2.45, 2.75) is 0 Å². The highest BCUT2D eigenvalue weighted by molar-refractivity contribution is 6.38. The van der Waals surface area contributed by atoms with E-state index < -0.39 is 0 Å². The smallest absolute Gasteiger partial charge is 0.187 e. The van der Waals surface area contributed by atoms with Crippen molar-refractivity contribution < 1.29 is 0 Å². The molecule has 0 aliphatic carbocycles. The highest BCUT2D eigenvalue weighted by atomic mass is 14.9. The lowest BCUT2D eigenvalue weighted by Gasteiger charge is -1.95. The van der Waals surface area contributed by atoms with E-state index in [4.69, 9.17) is 22.3 Å². The number of nitrogens with two attached hydrogens (primary N) is 2. The monoisotopic (exact) mass is 241 g/mol. The fourth-order valence-corrected chi connectivity index (χ4v) is 1.11. The summed E-state index contributed by atoms with van der Waals surface area (Å²) in [5.41, 5.74) is 12.2. The normalized spacial score (nSPS) is 12.1. The number of amidine groups is 2. The van der Waals surface area contributed by atoms with E-state index in [1.54, 1.807) is 6.08 Å². The van der Waals surface area contributed by atoms with Crippen LogP contribution in [0.15, 0.2) is 53.2 Å². The molecule has 0 heterocycles. The molecular formula is C13H15N5. The minimum absolute atomic E-state index is 0.289. The van der Waals surface area contributed by atoms with Crippen LogP contribution < -0.4 is 11.5 Å². The van der Waals surface area contributed by atoms with Gasteiger partial charge in [0.25, 0.3) is 0 Å². The molecule has 0 atom stereocenters. The fraction of sp³-hybridized carbons (Fsp3) is 0. The second kappa shape index (κ2) is 6.80. The van der Waals surface area contributed by atoms with Gasteiger partial charge in [-0.2, -0.15) is 0 Å². The Balaban J connectivity index is 2.73. The Hall–Kier alpha value is -2.69. The van der Waals surface area contributed by atoms with E-state index >= 15 is 0 Å². The Morgan fingerprint density at radius 2 is 1.83 bits per heavy atom. The van der Waals surface area contributed by atoms with Gasteiger partial charge in [0.05, 0.1) is 0 Å². The highest BCUT2D eigenvalue weighted by Crippen LogP contribution is 2.03. The predicted molar refractivity (Wildman–Crippen MR) is 75.9 cm³/mol. The first-order valence-corrected chi connectivity index (χ1v) is 5.25. The van der Waals surface area contributed by atoms with Crippen LogP contribution in [-0.2, 0) is 0 Å². The minimum atomic E-state index is -0.380. The van der Waals surface area contributed by atoms with Crippen LogP contribution in [0, 0.1) is 10.8 Å². The first kappa shape index (κ1) is 13.4. The molecule has 0 radical (unpaired) electrons. The zero-order valence-electron chi connectivity index (χ0n) is 9.80. The lowest BCUT2D eigenvalue weighted by Crippen LogP contribution is -2.19. The summed E-state index contributed by atoms with van der Waals surface area (Å²) in [6.45, 7) is 0. The average Bonchev–Trinajstić information content (AvgIpc) is 2.39. The molecular weight excluding hydrogens is 226 g/mol. The lowest BCUT2D eigenvalue weighted by molar-refractivity contribution is 1.40. The van der Waals surface area contributed by atoms with Gasteiger partial charge in [0.15, 0.2) is 11.7 Å².